The largest absolute Gasteiger partial charge is 0.504 e. The standard InChI is InChI=1S/C14H20O6/c1-17-5-6-18-7-8-19-9-10-20-13-4-2-3-12(11-15)14(13)16/h2-4,11,16H,5-10H2,1H3. The summed E-state index contributed by atoms with van der Waals surface area (Å²) in [5.41, 5.74) is 0.204. The number of rotatable bonds is 11. The molecule has 20 heavy (non-hydrogen) atoms. The molecule has 112 valence electrons. The normalized spacial score (nSPS) is 10.4. The number of benzene rings is 1. The van der Waals surface area contributed by atoms with Crippen molar-refractivity contribution in [3.63, 3.8) is 0 Å². The molecule has 0 aliphatic carbocycles. The van der Waals surface area contributed by atoms with Crippen LogP contribution in [0.15, 0.2) is 18.2 Å². The maximum absolute atomic E-state index is 10.6. The summed E-state index contributed by atoms with van der Waals surface area (Å²) in [5.74, 6) is 0.125. The number of para-hydroxylation sites is 1. The number of hydrogen-bond acceptors (Lipinski definition) is 6. The molecule has 0 aromatic heterocycles. The van der Waals surface area contributed by atoms with E-state index < -0.39 is 0 Å². The van der Waals surface area contributed by atoms with Crippen molar-refractivity contribution < 1.29 is 28.8 Å². The Kier molecular flexibility index (Phi) is 8.37. The Hall–Kier alpha value is -1.63. The average Bonchev–Trinajstić information content (AvgIpc) is 2.47. The molecule has 0 bridgehead atoms. The summed E-state index contributed by atoms with van der Waals surface area (Å²) in [6.45, 7) is 2.73. The third-order valence-electron chi connectivity index (χ3n) is 2.45. The van der Waals surface area contributed by atoms with E-state index >= 15 is 0 Å². The van der Waals surface area contributed by atoms with Gasteiger partial charge in [-0.2, -0.15) is 0 Å². The SMILES string of the molecule is COCCOCCOCCOc1cccc(C=O)c1O. The van der Waals surface area contributed by atoms with Crippen molar-refractivity contribution in [1.82, 2.24) is 0 Å². The Morgan fingerprint density at radius 1 is 1.05 bits per heavy atom. The Bertz CT molecular complexity index is 393. The second-order valence-electron chi connectivity index (χ2n) is 3.88. The zero-order chi connectivity index (χ0) is 14.6. The van der Waals surface area contributed by atoms with Crippen molar-refractivity contribution >= 4 is 6.29 Å². The first-order valence-corrected chi connectivity index (χ1v) is 6.34. The van der Waals surface area contributed by atoms with Crippen LogP contribution in [-0.2, 0) is 14.2 Å². The summed E-state index contributed by atoms with van der Waals surface area (Å²) < 4.78 is 20.7. The van der Waals surface area contributed by atoms with Gasteiger partial charge in [0.25, 0.3) is 0 Å². The van der Waals surface area contributed by atoms with Gasteiger partial charge in [-0.15, -0.1) is 0 Å². The van der Waals surface area contributed by atoms with E-state index in [0.717, 1.165) is 0 Å². The minimum Gasteiger partial charge on any atom is -0.504 e. The summed E-state index contributed by atoms with van der Waals surface area (Å²) in [5, 5.41) is 9.68. The Labute approximate surface area is 118 Å². The quantitative estimate of drug-likeness (QED) is 0.487. The van der Waals surface area contributed by atoms with Gasteiger partial charge in [-0.25, -0.2) is 0 Å². The molecule has 0 amide bonds. The number of methoxy groups -OCH3 is 1. The summed E-state index contributed by atoms with van der Waals surface area (Å²) in [6, 6.07) is 4.75. The van der Waals surface area contributed by atoms with Gasteiger partial charge in [0.05, 0.1) is 38.6 Å². The molecule has 0 heterocycles. The topological polar surface area (TPSA) is 74.2 Å². The number of aldehydes is 1. The molecule has 0 aliphatic heterocycles. The van der Waals surface area contributed by atoms with Crippen molar-refractivity contribution in [2.24, 2.45) is 0 Å². The second-order valence-corrected chi connectivity index (χ2v) is 3.88. The van der Waals surface area contributed by atoms with Crippen LogP contribution >= 0.6 is 0 Å². The van der Waals surface area contributed by atoms with Crippen LogP contribution in [0.25, 0.3) is 0 Å². The maximum Gasteiger partial charge on any atom is 0.168 e. The van der Waals surface area contributed by atoms with Crippen LogP contribution in [0.4, 0.5) is 0 Å². The molecule has 0 aliphatic rings. The minimum absolute atomic E-state index is 0.148. The summed E-state index contributed by atoms with van der Waals surface area (Å²) >= 11 is 0. The maximum atomic E-state index is 10.6. The smallest absolute Gasteiger partial charge is 0.168 e. The Morgan fingerprint density at radius 3 is 2.35 bits per heavy atom. The lowest BCUT2D eigenvalue weighted by atomic mass is 10.2. The molecule has 1 rings (SSSR count). The van der Waals surface area contributed by atoms with Gasteiger partial charge in [0.2, 0.25) is 0 Å². The fraction of sp³-hybridized carbons (Fsp3) is 0.500. The molecule has 0 saturated heterocycles. The molecule has 6 nitrogen and oxygen atoms in total. The van der Waals surface area contributed by atoms with Crippen molar-refractivity contribution in [2.45, 2.75) is 0 Å². The van der Waals surface area contributed by atoms with Gasteiger partial charge < -0.3 is 24.1 Å². The number of ether oxygens (including phenoxy) is 4. The summed E-state index contributed by atoms with van der Waals surface area (Å²) in [6.07, 6.45) is 0.579. The lowest BCUT2D eigenvalue weighted by molar-refractivity contribution is 0.0178. The molecule has 0 unspecified atom stereocenters. The number of carbonyl (C=O) groups is 1. The van der Waals surface area contributed by atoms with Gasteiger partial charge in [-0.1, -0.05) is 6.07 Å². The number of phenolic OH excluding ortho intramolecular Hbond substituents is 1. The molecule has 0 radical (unpaired) electrons. The van der Waals surface area contributed by atoms with E-state index in [1.807, 2.05) is 0 Å². The van der Waals surface area contributed by atoms with Crippen molar-refractivity contribution in [2.75, 3.05) is 46.8 Å². The highest BCUT2D eigenvalue weighted by molar-refractivity contribution is 5.80. The first-order valence-electron chi connectivity index (χ1n) is 6.34. The van der Waals surface area contributed by atoms with E-state index in [2.05, 4.69) is 0 Å². The molecule has 1 aromatic rings. The lowest BCUT2D eigenvalue weighted by Crippen LogP contribution is -2.12. The Morgan fingerprint density at radius 2 is 1.70 bits per heavy atom. The van der Waals surface area contributed by atoms with E-state index in [-0.39, 0.29) is 23.7 Å². The predicted octanol–water partition coefficient (Wildman–Crippen LogP) is 1.26. The highest BCUT2D eigenvalue weighted by Gasteiger charge is 2.06. The van der Waals surface area contributed by atoms with Gasteiger partial charge in [0.1, 0.15) is 6.61 Å². The zero-order valence-corrected chi connectivity index (χ0v) is 11.5. The fourth-order valence-electron chi connectivity index (χ4n) is 1.43. The monoisotopic (exact) mass is 284 g/mol. The van der Waals surface area contributed by atoms with Crippen LogP contribution in [0.2, 0.25) is 0 Å². The van der Waals surface area contributed by atoms with Gasteiger partial charge in [-0.3, -0.25) is 4.79 Å². The van der Waals surface area contributed by atoms with E-state index in [9.17, 15) is 9.90 Å². The van der Waals surface area contributed by atoms with E-state index in [0.29, 0.717) is 39.3 Å². The van der Waals surface area contributed by atoms with Gasteiger partial charge in [0.15, 0.2) is 17.8 Å². The van der Waals surface area contributed by atoms with Crippen LogP contribution in [0, 0.1) is 0 Å². The van der Waals surface area contributed by atoms with Gasteiger partial charge in [-0.05, 0) is 12.1 Å². The van der Waals surface area contributed by atoms with E-state index in [1.54, 1.807) is 19.2 Å². The summed E-state index contributed by atoms with van der Waals surface area (Å²) in [7, 11) is 1.62. The summed E-state index contributed by atoms with van der Waals surface area (Å²) in [4.78, 5) is 10.6. The molecule has 0 fully saturated rings. The third kappa shape index (κ3) is 6.01. The van der Waals surface area contributed by atoms with E-state index in [4.69, 9.17) is 18.9 Å². The molecule has 6 heteroatoms. The van der Waals surface area contributed by atoms with Crippen LogP contribution in [-0.4, -0.2) is 58.1 Å². The number of hydrogen-bond donors (Lipinski definition) is 1. The molecule has 1 N–H and O–H groups in total. The van der Waals surface area contributed by atoms with Crippen LogP contribution < -0.4 is 4.74 Å². The molecular formula is C14H20O6. The van der Waals surface area contributed by atoms with Crippen LogP contribution in [0.5, 0.6) is 11.5 Å². The van der Waals surface area contributed by atoms with Crippen molar-refractivity contribution in [3.8, 4) is 11.5 Å². The zero-order valence-electron chi connectivity index (χ0n) is 11.5. The third-order valence-corrected chi connectivity index (χ3v) is 2.45. The van der Waals surface area contributed by atoms with Crippen molar-refractivity contribution in [1.29, 1.82) is 0 Å². The fourth-order valence-corrected chi connectivity index (χ4v) is 1.43. The number of phenols is 1. The molecular weight excluding hydrogens is 264 g/mol. The van der Waals surface area contributed by atoms with Crippen LogP contribution in [0.1, 0.15) is 10.4 Å². The minimum atomic E-state index is -0.148. The van der Waals surface area contributed by atoms with Gasteiger partial charge >= 0.3 is 0 Å². The molecule has 0 spiro atoms. The van der Waals surface area contributed by atoms with Crippen LogP contribution in [0.3, 0.4) is 0 Å². The van der Waals surface area contributed by atoms with Gasteiger partial charge in [0, 0.05) is 7.11 Å². The second kappa shape index (κ2) is 10.2. The average molecular weight is 284 g/mol. The highest BCUT2D eigenvalue weighted by Crippen LogP contribution is 2.28. The highest BCUT2D eigenvalue weighted by atomic mass is 16.6. The predicted molar refractivity (Wildman–Crippen MR) is 72.5 cm³/mol. The number of aromatic hydroxyl groups is 1. The van der Waals surface area contributed by atoms with E-state index in [1.165, 1.54) is 6.07 Å². The first kappa shape index (κ1) is 16.4. The Balaban J connectivity index is 2.11. The van der Waals surface area contributed by atoms with Crippen molar-refractivity contribution in [3.05, 3.63) is 23.8 Å². The lowest BCUT2D eigenvalue weighted by Gasteiger charge is -2.09. The number of carbonyl (C=O) groups excluding carboxylic acids is 1. The molecule has 0 atom stereocenters. The molecule has 0 saturated carbocycles. The first-order chi connectivity index (χ1) is 9.79. The molecule has 1 aromatic carbocycles.